The summed E-state index contributed by atoms with van der Waals surface area (Å²) in [7, 11) is 0. The first-order valence-corrected chi connectivity index (χ1v) is 9.03. The van der Waals surface area contributed by atoms with Crippen LogP contribution in [0.25, 0.3) is 0 Å². The lowest BCUT2D eigenvalue weighted by Crippen LogP contribution is -2.15. The van der Waals surface area contributed by atoms with Crippen LogP contribution in [-0.4, -0.2) is 24.0 Å². The Balaban J connectivity index is 1.62. The number of para-hydroxylation sites is 2. The van der Waals surface area contributed by atoms with Crippen molar-refractivity contribution in [3.63, 3.8) is 0 Å². The van der Waals surface area contributed by atoms with E-state index >= 15 is 0 Å². The average Bonchev–Trinajstić information content (AvgIpc) is 2.71. The molecule has 3 aromatic rings. The van der Waals surface area contributed by atoms with Gasteiger partial charge in [0, 0.05) is 18.4 Å². The van der Waals surface area contributed by atoms with Gasteiger partial charge in [0.1, 0.15) is 11.4 Å². The van der Waals surface area contributed by atoms with Gasteiger partial charge >= 0.3 is 0 Å². The van der Waals surface area contributed by atoms with Crippen LogP contribution in [0, 0.1) is 0 Å². The molecule has 1 aromatic heterocycles. The molecule has 27 heavy (non-hydrogen) atoms. The third kappa shape index (κ3) is 5.31. The van der Waals surface area contributed by atoms with Crippen molar-refractivity contribution in [1.82, 2.24) is 4.98 Å². The summed E-state index contributed by atoms with van der Waals surface area (Å²) in [4.78, 5) is 16.7. The van der Waals surface area contributed by atoms with Crippen molar-refractivity contribution in [2.24, 2.45) is 0 Å². The maximum absolute atomic E-state index is 12.6. The molecule has 0 atom stereocenters. The van der Waals surface area contributed by atoms with E-state index in [0.717, 1.165) is 18.7 Å². The van der Waals surface area contributed by atoms with Crippen molar-refractivity contribution in [3.05, 3.63) is 84.2 Å². The highest BCUT2D eigenvalue weighted by atomic mass is 16.5. The first-order chi connectivity index (χ1) is 13.3. The van der Waals surface area contributed by atoms with E-state index in [1.807, 2.05) is 55.5 Å². The Morgan fingerprint density at radius 2 is 1.81 bits per heavy atom. The normalized spacial score (nSPS) is 10.3. The van der Waals surface area contributed by atoms with Crippen molar-refractivity contribution in [3.8, 4) is 5.75 Å². The number of carbonyl (C=O) groups excluding carboxylic acids is 1. The Labute approximate surface area is 159 Å². The van der Waals surface area contributed by atoms with Gasteiger partial charge in [0.2, 0.25) is 0 Å². The predicted octanol–water partition coefficient (Wildman–Crippen LogP) is 4.39. The van der Waals surface area contributed by atoms with Crippen LogP contribution in [0.5, 0.6) is 5.75 Å². The summed E-state index contributed by atoms with van der Waals surface area (Å²) >= 11 is 0. The van der Waals surface area contributed by atoms with Gasteiger partial charge in [-0.25, -0.2) is 0 Å². The van der Waals surface area contributed by atoms with Gasteiger partial charge in [-0.15, -0.1) is 0 Å². The lowest BCUT2D eigenvalue weighted by Gasteiger charge is -2.12. The van der Waals surface area contributed by atoms with Crippen LogP contribution < -0.4 is 15.4 Å². The molecule has 0 unspecified atom stereocenters. The number of rotatable bonds is 8. The summed E-state index contributed by atoms with van der Waals surface area (Å²) < 4.78 is 5.55. The first kappa shape index (κ1) is 18.5. The molecule has 0 aliphatic heterocycles. The Morgan fingerprint density at radius 1 is 1.04 bits per heavy atom. The fraction of sp³-hybridized carbons (Fsp3) is 0.182. The third-order valence-electron chi connectivity index (χ3n) is 4.01. The van der Waals surface area contributed by atoms with Crippen molar-refractivity contribution in [2.75, 3.05) is 23.8 Å². The summed E-state index contributed by atoms with van der Waals surface area (Å²) in [5.41, 5.74) is 3.12. The van der Waals surface area contributed by atoms with E-state index in [9.17, 15) is 4.79 Å². The zero-order chi connectivity index (χ0) is 18.9. The molecule has 2 aromatic carbocycles. The summed E-state index contributed by atoms with van der Waals surface area (Å²) in [5.74, 6) is 0.374. The maximum atomic E-state index is 12.6. The molecule has 0 radical (unpaired) electrons. The van der Waals surface area contributed by atoms with Gasteiger partial charge in [0.25, 0.3) is 5.91 Å². The molecule has 0 bridgehead atoms. The molecule has 0 spiro atoms. The summed E-state index contributed by atoms with van der Waals surface area (Å²) in [5, 5.41) is 6.21. The highest BCUT2D eigenvalue weighted by Crippen LogP contribution is 2.24. The second-order valence-corrected chi connectivity index (χ2v) is 5.98. The van der Waals surface area contributed by atoms with E-state index in [1.54, 1.807) is 12.3 Å². The number of nitrogens with zero attached hydrogens (tertiary/aromatic N) is 1. The van der Waals surface area contributed by atoms with E-state index in [2.05, 4.69) is 27.8 Å². The molecular weight excluding hydrogens is 338 g/mol. The molecular formula is C22H23N3O2. The van der Waals surface area contributed by atoms with Gasteiger partial charge in [0.15, 0.2) is 0 Å². The quantitative estimate of drug-likeness (QED) is 0.625. The minimum Gasteiger partial charge on any atom is -0.492 e. The van der Waals surface area contributed by atoms with Crippen LogP contribution in [0.15, 0.2) is 72.9 Å². The van der Waals surface area contributed by atoms with Crippen LogP contribution >= 0.6 is 0 Å². The molecule has 138 valence electrons. The van der Waals surface area contributed by atoms with Crippen LogP contribution in [-0.2, 0) is 6.42 Å². The number of carbonyl (C=O) groups is 1. The molecule has 0 aliphatic carbocycles. The van der Waals surface area contributed by atoms with E-state index in [0.29, 0.717) is 23.7 Å². The Hall–Kier alpha value is -3.34. The Morgan fingerprint density at radius 3 is 2.63 bits per heavy atom. The number of hydrogen-bond donors (Lipinski definition) is 2. The largest absolute Gasteiger partial charge is 0.492 e. The third-order valence-corrected chi connectivity index (χ3v) is 4.01. The molecule has 5 nitrogen and oxygen atoms in total. The lowest BCUT2D eigenvalue weighted by molar-refractivity contribution is 0.102. The van der Waals surface area contributed by atoms with Gasteiger partial charge in [-0.2, -0.15) is 0 Å². The monoisotopic (exact) mass is 361 g/mol. The standard InChI is InChI=1S/C22H23N3O2/c1-2-27-21-11-7-6-10-19(21)25-22(26)20-16-18(13-15-24-20)23-14-12-17-8-4-3-5-9-17/h3-11,13,15-16H,2,12,14H2,1H3,(H,23,24)(H,25,26). The number of nitrogens with one attached hydrogen (secondary N) is 2. The number of anilines is 2. The molecule has 2 N–H and O–H groups in total. The SMILES string of the molecule is CCOc1ccccc1NC(=O)c1cc(NCCc2ccccc2)ccn1. The molecule has 1 heterocycles. The van der Waals surface area contributed by atoms with Crippen molar-refractivity contribution >= 4 is 17.3 Å². The van der Waals surface area contributed by atoms with E-state index in [1.165, 1.54) is 5.56 Å². The number of pyridine rings is 1. The minimum atomic E-state index is -0.270. The molecule has 0 fully saturated rings. The van der Waals surface area contributed by atoms with Gasteiger partial charge in [0.05, 0.1) is 12.3 Å². The maximum Gasteiger partial charge on any atom is 0.274 e. The Bertz CT molecular complexity index is 881. The first-order valence-electron chi connectivity index (χ1n) is 9.03. The zero-order valence-electron chi connectivity index (χ0n) is 15.3. The smallest absolute Gasteiger partial charge is 0.274 e. The highest BCUT2D eigenvalue weighted by Gasteiger charge is 2.11. The van der Waals surface area contributed by atoms with Crippen LogP contribution in [0.2, 0.25) is 0 Å². The number of benzene rings is 2. The molecule has 0 saturated heterocycles. The number of amides is 1. The fourth-order valence-corrected chi connectivity index (χ4v) is 2.70. The summed E-state index contributed by atoms with van der Waals surface area (Å²) in [6.07, 6.45) is 2.54. The summed E-state index contributed by atoms with van der Waals surface area (Å²) in [6.45, 7) is 3.22. The highest BCUT2D eigenvalue weighted by molar-refractivity contribution is 6.04. The molecule has 1 amide bonds. The van der Waals surface area contributed by atoms with E-state index < -0.39 is 0 Å². The number of hydrogen-bond acceptors (Lipinski definition) is 4. The predicted molar refractivity (Wildman–Crippen MR) is 108 cm³/mol. The Kier molecular flexibility index (Phi) is 6.41. The van der Waals surface area contributed by atoms with E-state index in [-0.39, 0.29) is 5.91 Å². The van der Waals surface area contributed by atoms with Gasteiger partial charge in [-0.1, -0.05) is 42.5 Å². The zero-order valence-corrected chi connectivity index (χ0v) is 15.3. The van der Waals surface area contributed by atoms with Gasteiger partial charge in [-0.05, 0) is 43.2 Å². The van der Waals surface area contributed by atoms with Crippen LogP contribution in [0.3, 0.4) is 0 Å². The minimum absolute atomic E-state index is 0.270. The van der Waals surface area contributed by atoms with Gasteiger partial charge < -0.3 is 15.4 Å². The topological polar surface area (TPSA) is 63.2 Å². The fourth-order valence-electron chi connectivity index (χ4n) is 2.70. The summed E-state index contributed by atoms with van der Waals surface area (Å²) in [6, 6.07) is 21.2. The van der Waals surface area contributed by atoms with Crippen molar-refractivity contribution in [2.45, 2.75) is 13.3 Å². The molecule has 0 saturated carbocycles. The van der Waals surface area contributed by atoms with Crippen molar-refractivity contribution in [1.29, 1.82) is 0 Å². The van der Waals surface area contributed by atoms with E-state index in [4.69, 9.17) is 4.74 Å². The number of ether oxygens (including phenoxy) is 1. The second-order valence-electron chi connectivity index (χ2n) is 5.98. The molecule has 3 rings (SSSR count). The molecule has 5 heteroatoms. The van der Waals surface area contributed by atoms with Crippen molar-refractivity contribution < 1.29 is 9.53 Å². The second kappa shape index (κ2) is 9.38. The van der Waals surface area contributed by atoms with Crippen LogP contribution in [0.4, 0.5) is 11.4 Å². The average molecular weight is 361 g/mol. The van der Waals surface area contributed by atoms with Gasteiger partial charge in [-0.3, -0.25) is 9.78 Å². The number of aromatic nitrogens is 1. The molecule has 0 aliphatic rings. The van der Waals surface area contributed by atoms with Crippen LogP contribution in [0.1, 0.15) is 23.0 Å². The lowest BCUT2D eigenvalue weighted by atomic mass is 10.1.